The van der Waals surface area contributed by atoms with Gasteiger partial charge in [-0.1, -0.05) is 6.92 Å². The van der Waals surface area contributed by atoms with Gasteiger partial charge in [-0.15, -0.1) is 0 Å². The molecule has 2 aromatic heterocycles. The number of aromatic nitrogens is 3. The van der Waals surface area contributed by atoms with E-state index in [-0.39, 0.29) is 24.0 Å². The van der Waals surface area contributed by atoms with Crippen LogP contribution in [0.25, 0.3) is 22.4 Å². The van der Waals surface area contributed by atoms with Crippen molar-refractivity contribution in [3.05, 3.63) is 82.7 Å². The van der Waals surface area contributed by atoms with Crippen molar-refractivity contribution in [2.75, 3.05) is 18.4 Å². The lowest BCUT2D eigenvalue weighted by molar-refractivity contribution is -0.384. The SMILES string of the molecule is CCCN(CC(=O)Nc1ccc(-c2nc3ccc([N+](=O)[O-])cc3[nH]2)cc1)C(=O)c1cccnc1. The van der Waals surface area contributed by atoms with Crippen molar-refractivity contribution in [1.29, 1.82) is 0 Å². The summed E-state index contributed by atoms with van der Waals surface area (Å²) in [5.74, 6) is 0.00428. The van der Waals surface area contributed by atoms with Gasteiger partial charge < -0.3 is 15.2 Å². The van der Waals surface area contributed by atoms with Crippen molar-refractivity contribution in [1.82, 2.24) is 19.9 Å². The van der Waals surface area contributed by atoms with E-state index in [2.05, 4.69) is 20.3 Å². The van der Waals surface area contributed by atoms with Crippen molar-refractivity contribution in [3.63, 3.8) is 0 Å². The maximum atomic E-state index is 12.7. The van der Waals surface area contributed by atoms with Gasteiger partial charge in [0.2, 0.25) is 5.91 Å². The molecule has 0 saturated heterocycles. The fourth-order valence-corrected chi connectivity index (χ4v) is 3.53. The van der Waals surface area contributed by atoms with E-state index >= 15 is 0 Å². The molecule has 4 aromatic rings. The maximum Gasteiger partial charge on any atom is 0.271 e. The summed E-state index contributed by atoms with van der Waals surface area (Å²) in [4.78, 5) is 48.8. The minimum atomic E-state index is -0.455. The normalized spacial score (nSPS) is 10.7. The second kappa shape index (κ2) is 9.90. The first-order valence-corrected chi connectivity index (χ1v) is 10.7. The third kappa shape index (κ3) is 5.07. The molecule has 2 amide bonds. The summed E-state index contributed by atoms with van der Waals surface area (Å²) in [6, 6.07) is 14.8. The number of imidazole rings is 1. The van der Waals surface area contributed by atoms with Crippen LogP contribution < -0.4 is 5.32 Å². The Kier molecular flexibility index (Phi) is 6.58. The molecule has 2 aromatic carbocycles. The number of non-ortho nitro benzene ring substituents is 1. The fourth-order valence-electron chi connectivity index (χ4n) is 3.53. The highest BCUT2D eigenvalue weighted by Gasteiger charge is 2.18. The summed E-state index contributed by atoms with van der Waals surface area (Å²) in [5, 5.41) is 13.8. The van der Waals surface area contributed by atoms with Gasteiger partial charge in [-0.2, -0.15) is 0 Å². The maximum absolute atomic E-state index is 12.7. The number of carbonyl (C=O) groups excluding carboxylic acids is 2. The van der Waals surface area contributed by atoms with Gasteiger partial charge in [0.25, 0.3) is 11.6 Å². The minimum absolute atomic E-state index is 0.0140. The molecule has 0 saturated carbocycles. The molecule has 0 unspecified atom stereocenters. The first-order chi connectivity index (χ1) is 16.4. The van der Waals surface area contributed by atoms with Crippen molar-refractivity contribution in [3.8, 4) is 11.4 Å². The predicted octanol–water partition coefficient (Wildman–Crippen LogP) is 4.02. The smallest absolute Gasteiger partial charge is 0.271 e. The molecule has 0 aliphatic heterocycles. The average Bonchev–Trinajstić information content (AvgIpc) is 3.28. The van der Waals surface area contributed by atoms with Crippen LogP contribution >= 0.6 is 0 Å². The first-order valence-electron chi connectivity index (χ1n) is 10.7. The van der Waals surface area contributed by atoms with E-state index in [0.717, 1.165) is 5.56 Å². The third-order valence-electron chi connectivity index (χ3n) is 5.14. The molecule has 10 nitrogen and oxygen atoms in total. The first kappa shape index (κ1) is 22.6. The van der Waals surface area contributed by atoms with Crippen LogP contribution in [0.15, 0.2) is 67.0 Å². The Hall–Kier alpha value is -4.60. The molecule has 0 aliphatic rings. The van der Waals surface area contributed by atoms with Gasteiger partial charge in [0.15, 0.2) is 0 Å². The van der Waals surface area contributed by atoms with E-state index in [9.17, 15) is 19.7 Å². The van der Waals surface area contributed by atoms with Crippen LogP contribution in [0.4, 0.5) is 11.4 Å². The van der Waals surface area contributed by atoms with Crippen LogP contribution in [0.2, 0.25) is 0 Å². The number of carbonyl (C=O) groups is 2. The summed E-state index contributed by atoms with van der Waals surface area (Å²) in [7, 11) is 0. The molecule has 2 heterocycles. The van der Waals surface area contributed by atoms with Crippen LogP contribution in [0, 0.1) is 10.1 Å². The molecular weight excluding hydrogens is 436 g/mol. The molecule has 34 heavy (non-hydrogen) atoms. The lowest BCUT2D eigenvalue weighted by Crippen LogP contribution is -2.38. The van der Waals surface area contributed by atoms with Crippen LogP contribution in [0.3, 0.4) is 0 Å². The highest BCUT2D eigenvalue weighted by Crippen LogP contribution is 2.24. The predicted molar refractivity (Wildman–Crippen MR) is 127 cm³/mol. The zero-order valence-electron chi connectivity index (χ0n) is 18.4. The number of nitrogens with zero attached hydrogens (tertiary/aromatic N) is 4. The number of pyridine rings is 1. The zero-order valence-corrected chi connectivity index (χ0v) is 18.4. The zero-order chi connectivity index (χ0) is 24.1. The Morgan fingerprint density at radius 2 is 1.94 bits per heavy atom. The summed E-state index contributed by atoms with van der Waals surface area (Å²) in [6.07, 6.45) is 3.79. The van der Waals surface area contributed by atoms with E-state index in [0.29, 0.717) is 41.1 Å². The molecule has 10 heteroatoms. The van der Waals surface area contributed by atoms with Crippen LogP contribution in [-0.4, -0.2) is 49.7 Å². The molecular formula is C24H22N6O4. The number of hydrogen-bond acceptors (Lipinski definition) is 6. The number of nitro groups is 1. The van der Waals surface area contributed by atoms with Gasteiger partial charge in [-0.3, -0.25) is 24.7 Å². The van der Waals surface area contributed by atoms with Gasteiger partial charge in [-0.05, 0) is 48.9 Å². The molecule has 4 rings (SSSR count). The lowest BCUT2D eigenvalue weighted by Gasteiger charge is -2.21. The number of anilines is 1. The van der Waals surface area contributed by atoms with Crippen molar-refractivity contribution < 1.29 is 14.5 Å². The highest BCUT2D eigenvalue weighted by atomic mass is 16.6. The average molecular weight is 458 g/mol. The molecule has 0 aliphatic carbocycles. The van der Waals surface area contributed by atoms with Gasteiger partial charge in [0.1, 0.15) is 12.4 Å². The minimum Gasteiger partial charge on any atom is -0.338 e. The highest BCUT2D eigenvalue weighted by molar-refractivity contribution is 5.99. The molecule has 0 bridgehead atoms. The van der Waals surface area contributed by atoms with Crippen LogP contribution in [0.1, 0.15) is 23.7 Å². The number of hydrogen-bond donors (Lipinski definition) is 2. The summed E-state index contributed by atoms with van der Waals surface area (Å²) < 4.78 is 0. The number of nitrogens with one attached hydrogen (secondary N) is 2. The Balaban J connectivity index is 1.43. The number of benzene rings is 2. The number of nitro benzene ring substituents is 1. The van der Waals surface area contributed by atoms with Gasteiger partial charge >= 0.3 is 0 Å². The molecule has 172 valence electrons. The van der Waals surface area contributed by atoms with E-state index in [4.69, 9.17) is 0 Å². The van der Waals surface area contributed by atoms with E-state index in [1.54, 1.807) is 48.7 Å². The van der Waals surface area contributed by atoms with Crippen LogP contribution in [0.5, 0.6) is 0 Å². The Morgan fingerprint density at radius 3 is 2.62 bits per heavy atom. The fraction of sp³-hybridized carbons (Fsp3) is 0.167. The second-order valence-corrected chi connectivity index (χ2v) is 7.64. The lowest BCUT2D eigenvalue weighted by atomic mass is 10.2. The van der Waals surface area contributed by atoms with E-state index in [1.807, 2.05) is 6.92 Å². The topological polar surface area (TPSA) is 134 Å². The second-order valence-electron chi connectivity index (χ2n) is 7.64. The summed E-state index contributed by atoms with van der Waals surface area (Å²) in [5.41, 5.74) is 2.94. The largest absolute Gasteiger partial charge is 0.338 e. The number of aromatic amines is 1. The quantitative estimate of drug-likeness (QED) is 0.302. The van der Waals surface area contributed by atoms with Crippen molar-refractivity contribution in [2.24, 2.45) is 0 Å². The molecule has 0 radical (unpaired) electrons. The molecule has 0 spiro atoms. The van der Waals surface area contributed by atoms with E-state index < -0.39 is 4.92 Å². The molecule has 0 fully saturated rings. The van der Waals surface area contributed by atoms with Gasteiger partial charge in [-0.25, -0.2) is 4.98 Å². The van der Waals surface area contributed by atoms with Crippen LogP contribution in [-0.2, 0) is 4.79 Å². The van der Waals surface area contributed by atoms with Crippen molar-refractivity contribution >= 4 is 34.2 Å². The molecule has 0 atom stereocenters. The summed E-state index contributed by atoms with van der Waals surface area (Å²) in [6.45, 7) is 2.31. The Morgan fingerprint density at radius 1 is 1.15 bits per heavy atom. The van der Waals surface area contributed by atoms with Crippen molar-refractivity contribution in [2.45, 2.75) is 13.3 Å². The molecule has 2 N–H and O–H groups in total. The standard InChI is InChI=1S/C24H22N6O4/c1-2-12-29(24(32)17-4-3-11-25-14-17)15-22(31)26-18-7-5-16(6-8-18)23-27-20-10-9-19(30(33)34)13-21(20)28-23/h3-11,13-14H,2,12,15H2,1H3,(H,26,31)(H,27,28). The summed E-state index contributed by atoms with van der Waals surface area (Å²) >= 11 is 0. The number of fused-ring (bicyclic) bond motifs is 1. The monoisotopic (exact) mass is 458 g/mol. The van der Waals surface area contributed by atoms with Gasteiger partial charge in [0, 0.05) is 42.3 Å². The number of rotatable bonds is 8. The Labute approximate surface area is 194 Å². The Bertz CT molecular complexity index is 1330. The number of amides is 2. The van der Waals surface area contributed by atoms with Gasteiger partial charge in [0.05, 0.1) is 21.5 Å². The van der Waals surface area contributed by atoms with E-state index in [1.165, 1.54) is 23.2 Å². The third-order valence-corrected chi connectivity index (χ3v) is 5.14. The number of H-pyrrole nitrogens is 1.